The van der Waals surface area contributed by atoms with E-state index in [9.17, 15) is 19.8 Å². The van der Waals surface area contributed by atoms with Gasteiger partial charge in [0, 0.05) is 12.8 Å². The molecule has 0 bridgehead atoms. The lowest BCUT2D eigenvalue weighted by Gasteiger charge is -2.20. The zero-order chi connectivity index (χ0) is 58.5. The van der Waals surface area contributed by atoms with Crippen LogP contribution >= 0.6 is 0 Å². The largest absolute Gasteiger partial charge is 0.466 e. The maximum atomic E-state index is 12.5. The molecule has 0 saturated carbocycles. The first-order chi connectivity index (χ1) is 40.0. The number of nitrogens with one attached hydrogen (secondary N) is 1. The van der Waals surface area contributed by atoms with Crippen molar-refractivity contribution in [2.24, 2.45) is 0 Å². The fraction of sp³-hybridized carbons (Fsp3) is 0.920. The van der Waals surface area contributed by atoms with Crippen molar-refractivity contribution in [3.8, 4) is 0 Å². The first-order valence-electron chi connectivity index (χ1n) is 37.1. The van der Waals surface area contributed by atoms with E-state index in [4.69, 9.17) is 4.74 Å². The van der Waals surface area contributed by atoms with Gasteiger partial charge in [-0.05, 0) is 57.8 Å². The second kappa shape index (κ2) is 70.8. The Bertz CT molecular complexity index is 1270. The van der Waals surface area contributed by atoms with E-state index in [-0.39, 0.29) is 18.5 Å². The average molecular weight is 1140 g/mol. The zero-order valence-electron chi connectivity index (χ0n) is 55.0. The van der Waals surface area contributed by atoms with Crippen LogP contribution in [0, 0.1) is 0 Å². The van der Waals surface area contributed by atoms with Gasteiger partial charge in [-0.15, -0.1) is 0 Å². The Morgan fingerprint density at radius 3 is 0.901 bits per heavy atom. The number of unbranched alkanes of at least 4 members (excludes halogenated alkanes) is 57. The fourth-order valence-electron chi connectivity index (χ4n) is 11.8. The molecule has 0 aromatic carbocycles. The molecular formula is C75H145NO5. The molecule has 3 N–H and O–H groups in total. The summed E-state index contributed by atoms with van der Waals surface area (Å²) in [7, 11) is 0. The standard InChI is InChI=1S/C75H145NO5/c1-3-5-7-9-11-13-15-17-18-19-35-38-41-44-47-51-55-59-63-67-73(78)72(71-77)76-74(79)68-64-60-56-52-48-45-42-39-36-33-31-29-27-25-23-21-20-22-24-26-28-30-32-34-37-40-43-46-50-54-58-62-66-70-81-75(80)69-65-61-57-53-49-16-14-12-10-8-6-4-2/h12,14,63,67,72-73,77-78H,3-11,13,15-62,64-66,68-71H2,1-2H3,(H,76,79)/b14-12-,67-63+. The molecule has 0 heterocycles. The molecule has 6 heteroatoms. The molecule has 0 aliphatic rings. The van der Waals surface area contributed by atoms with Gasteiger partial charge in [0.1, 0.15) is 0 Å². The number of ether oxygens (including phenoxy) is 1. The van der Waals surface area contributed by atoms with Crippen molar-refractivity contribution in [2.45, 2.75) is 431 Å². The average Bonchev–Trinajstić information content (AvgIpc) is 3.47. The van der Waals surface area contributed by atoms with Crippen molar-refractivity contribution in [3.05, 3.63) is 24.3 Å². The summed E-state index contributed by atoms with van der Waals surface area (Å²) in [5.74, 6) is -0.0472. The number of aliphatic hydroxyl groups excluding tert-OH is 2. The molecule has 6 nitrogen and oxygen atoms in total. The summed E-state index contributed by atoms with van der Waals surface area (Å²) < 4.78 is 5.48. The van der Waals surface area contributed by atoms with Gasteiger partial charge in [-0.3, -0.25) is 9.59 Å². The highest BCUT2D eigenvalue weighted by Crippen LogP contribution is 2.19. The van der Waals surface area contributed by atoms with E-state index in [2.05, 4.69) is 31.3 Å². The smallest absolute Gasteiger partial charge is 0.305 e. The van der Waals surface area contributed by atoms with Crippen LogP contribution in [0.15, 0.2) is 24.3 Å². The minimum Gasteiger partial charge on any atom is -0.466 e. The summed E-state index contributed by atoms with van der Waals surface area (Å²) >= 11 is 0. The Morgan fingerprint density at radius 1 is 0.333 bits per heavy atom. The SMILES string of the molecule is CCCCC/C=C\CCCCCCCC(=O)OCCCCCCCCCCCCCCCCCCCCCCCCCCCCCCCCCCCC(=O)NC(CO)C(O)/C=C/CCCCCCCCCCCCCCCCCCC. The lowest BCUT2D eigenvalue weighted by Crippen LogP contribution is -2.45. The predicted molar refractivity (Wildman–Crippen MR) is 356 cm³/mol. The molecular weight excluding hydrogens is 995 g/mol. The highest BCUT2D eigenvalue weighted by Gasteiger charge is 2.18. The Morgan fingerprint density at radius 2 is 0.580 bits per heavy atom. The topological polar surface area (TPSA) is 95.9 Å². The van der Waals surface area contributed by atoms with E-state index in [1.807, 2.05) is 6.08 Å². The molecule has 0 aliphatic carbocycles. The Labute approximate surface area is 507 Å². The molecule has 0 aliphatic heterocycles. The van der Waals surface area contributed by atoms with Crippen LogP contribution in [0.3, 0.4) is 0 Å². The third-order valence-electron chi connectivity index (χ3n) is 17.5. The summed E-state index contributed by atoms with van der Waals surface area (Å²) in [6, 6.07) is -0.624. The van der Waals surface area contributed by atoms with Crippen molar-refractivity contribution in [3.63, 3.8) is 0 Å². The van der Waals surface area contributed by atoms with Crippen molar-refractivity contribution >= 4 is 11.9 Å². The highest BCUT2D eigenvalue weighted by molar-refractivity contribution is 5.76. The molecule has 2 atom stereocenters. The van der Waals surface area contributed by atoms with Gasteiger partial charge in [-0.1, -0.05) is 372 Å². The number of hydrogen-bond donors (Lipinski definition) is 3. The predicted octanol–water partition coefficient (Wildman–Crippen LogP) is 24.1. The molecule has 0 radical (unpaired) electrons. The van der Waals surface area contributed by atoms with Crippen LogP contribution in [0.25, 0.3) is 0 Å². The molecule has 1 amide bonds. The molecule has 480 valence electrons. The minimum atomic E-state index is -0.841. The van der Waals surface area contributed by atoms with E-state index < -0.39 is 12.1 Å². The van der Waals surface area contributed by atoms with E-state index in [1.165, 1.54) is 347 Å². The zero-order valence-corrected chi connectivity index (χ0v) is 55.0. The number of rotatable bonds is 70. The highest BCUT2D eigenvalue weighted by atomic mass is 16.5. The molecule has 0 spiro atoms. The number of carbonyl (C=O) groups is 2. The molecule has 0 saturated heterocycles. The lowest BCUT2D eigenvalue weighted by molar-refractivity contribution is -0.143. The van der Waals surface area contributed by atoms with E-state index >= 15 is 0 Å². The molecule has 81 heavy (non-hydrogen) atoms. The van der Waals surface area contributed by atoms with Gasteiger partial charge >= 0.3 is 5.97 Å². The van der Waals surface area contributed by atoms with Gasteiger partial charge < -0.3 is 20.3 Å². The second-order valence-corrected chi connectivity index (χ2v) is 25.6. The summed E-state index contributed by atoms with van der Waals surface area (Å²) in [5, 5.41) is 23.2. The number of amides is 1. The van der Waals surface area contributed by atoms with E-state index in [0.29, 0.717) is 19.4 Å². The van der Waals surface area contributed by atoms with Gasteiger partial charge in [0.15, 0.2) is 0 Å². The van der Waals surface area contributed by atoms with Crippen LogP contribution < -0.4 is 5.32 Å². The number of esters is 1. The van der Waals surface area contributed by atoms with Crippen LogP contribution in [0.5, 0.6) is 0 Å². The van der Waals surface area contributed by atoms with Crippen molar-refractivity contribution < 1.29 is 24.5 Å². The third kappa shape index (κ3) is 67.3. The second-order valence-electron chi connectivity index (χ2n) is 25.6. The molecule has 0 aromatic heterocycles. The minimum absolute atomic E-state index is 0.0119. The first kappa shape index (κ1) is 79.3. The normalized spacial score (nSPS) is 12.6. The quantitative estimate of drug-likeness (QED) is 0.0320. The summed E-state index contributed by atoms with van der Waals surface area (Å²) in [6.45, 7) is 4.92. The lowest BCUT2D eigenvalue weighted by atomic mass is 10.0. The monoisotopic (exact) mass is 1140 g/mol. The number of allylic oxidation sites excluding steroid dienone is 3. The number of carbonyl (C=O) groups excluding carboxylic acids is 2. The van der Waals surface area contributed by atoms with Crippen LogP contribution in [-0.4, -0.2) is 47.4 Å². The molecule has 2 unspecified atom stereocenters. The van der Waals surface area contributed by atoms with Gasteiger partial charge in [-0.25, -0.2) is 0 Å². The van der Waals surface area contributed by atoms with E-state index in [1.54, 1.807) is 6.08 Å². The molecule has 0 aromatic rings. The Balaban J connectivity index is 3.34. The fourth-order valence-corrected chi connectivity index (χ4v) is 11.8. The maximum Gasteiger partial charge on any atom is 0.305 e. The van der Waals surface area contributed by atoms with Crippen molar-refractivity contribution in [2.75, 3.05) is 13.2 Å². The van der Waals surface area contributed by atoms with Gasteiger partial charge in [0.25, 0.3) is 0 Å². The third-order valence-corrected chi connectivity index (χ3v) is 17.5. The van der Waals surface area contributed by atoms with Crippen LogP contribution in [-0.2, 0) is 14.3 Å². The summed E-state index contributed by atoms with van der Waals surface area (Å²) in [6.07, 6.45) is 90.0. The Hall–Kier alpha value is -1.66. The van der Waals surface area contributed by atoms with Crippen molar-refractivity contribution in [1.82, 2.24) is 5.32 Å². The van der Waals surface area contributed by atoms with Crippen LogP contribution in [0.1, 0.15) is 418 Å². The summed E-state index contributed by atoms with van der Waals surface area (Å²) in [4.78, 5) is 24.5. The number of hydrogen-bond acceptors (Lipinski definition) is 5. The first-order valence-corrected chi connectivity index (χ1v) is 37.1. The summed E-state index contributed by atoms with van der Waals surface area (Å²) in [5.41, 5.74) is 0. The van der Waals surface area contributed by atoms with Gasteiger partial charge in [-0.2, -0.15) is 0 Å². The van der Waals surface area contributed by atoms with Gasteiger partial charge in [0.2, 0.25) is 5.91 Å². The maximum absolute atomic E-state index is 12.5. The Kier molecular flexibility index (Phi) is 69.4. The van der Waals surface area contributed by atoms with Gasteiger partial charge in [0.05, 0.1) is 25.4 Å². The number of aliphatic hydroxyl groups is 2. The van der Waals surface area contributed by atoms with E-state index in [0.717, 1.165) is 44.9 Å². The van der Waals surface area contributed by atoms with Crippen LogP contribution in [0.4, 0.5) is 0 Å². The van der Waals surface area contributed by atoms with Crippen molar-refractivity contribution in [1.29, 1.82) is 0 Å². The molecule has 0 rings (SSSR count). The van der Waals surface area contributed by atoms with Crippen LogP contribution in [0.2, 0.25) is 0 Å². The molecule has 0 fully saturated rings.